The van der Waals surface area contributed by atoms with Crippen molar-refractivity contribution in [3.63, 3.8) is 0 Å². The molecule has 0 amide bonds. The lowest BCUT2D eigenvalue weighted by atomic mass is 10.1. The maximum atomic E-state index is 13.4. The van der Waals surface area contributed by atoms with E-state index in [0.29, 0.717) is 6.54 Å². The summed E-state index contributed by atoms with van der Waals surface area (Å²) in [4.78, 5) is 2.07. The van der Waals surface area contributed by atoms with Crippen LogP contribution in [0.4, 0.5) is 8.78 Å². The van der Waals surface area contributed by atoms with E-state index in [1.54, 1.807) is 0 Å². The van der Waals surface area contributed by atoms with E-state index in [1.807, 2.05) is 13.8 Å². The van der Waals surface area contributed by atoms with Gasteiger partial charge in [0.25, 0.3) is 0 Å². The molecule has 0 N–H and O–H groups in total. The average molecular weight is 248 g/mol. The van der Waals surface area contributed by atoms with Crippen molar-refractivity contribution >= 4 is 11.6 Å². The molecular weight excluding hydrogens is 232 g/mol. The Hall–Kier alpha value is -0.670. The van der Waals surface area contributed by atoms with Crippen molar-refractivity contribution in [2.24, 2.45) is 0 Å². The molecule has 1 nitrogen and oxygen atoms in total. The standard InChI is InChI=1S/C12H16ClF2N/c1-3-16(4-2)8-11(13)10-7-9(14)5-6-12(10)15/h5-7,11H,3-4,8H2,1-2H3. The molecule has 0 aliphatic heterocycles. The minimum absolute atomic E-state index is 0.230. The molecule has 1 aromatic carbocycles. The van der Waals surface area contributed by atoms with Crippen LogP contribution in [0.1, 0.15) is 24.8 Å². The van der Waals surface area contributed by atoms with Crippen LogP contribution in [0.2, 0.25) is 0 Å². The van der Waals surface area contributed by atoms with Crippen molar-refractivity contribution in [2.45, 2.75) is 19.2 Å². The lowest BCUT2D eigenvalue weighted by Crippen LogP contribution is -2.26. The summed E-state index contributed by atoms with van der Waals surface area (Å²) in [5, 5.41) is -0.518. The Morgan fingerprint density at radius 3 is 2.44 bits per heavy atom. The van der Waals surface area contributed by atoms with E-state index >= 15 is 0 Å². The monoisotopic (exact) mass is 247 g/mol. The van der Waals surface area contributed by atoms with Gasteiger partial charge in [-0.15, -0.1) is 11.6 Å². The number of halogens is 3. The molecule has 0 aromatic heterocycles. The highest BCUT2D eigenvalue weighted by atomic mass is 35.5. The first-order valence-corrected chi connectivity index (χ1v) is 5.83. The second kappa shape index (κ2) is 6.16. The number of rotatable bonds is 5. The van der Waals surface area contributed by atoms with Gasteiger partial charge in [0.05, 0.1) is 5.38 Å². The lowest BCUT2D eigenvalue weighted by molar-refractivity contribution is 0.302. The summed E-state index contributed by atoms with van der Waals surface area (Å²) < 4.78 is 26.4. The van der Waals surface area contributed by atoms with Crippen LogP contribution in [0.25, 0.3) is 0 Å². The minimum Gasteiger partial charge on any atom is -0.302 e. The Morgan fingerprint density at radius 2 is 1.88 bits per heavy atom. The van der Waals surface area contributed by atoms with Gasteiger partial charge < -0.3 is 4.90 Å². The summed E-state index contributed by atoms with van der Waals surface area (Å²) in [5.41, 5.74) is 0.230. The molecule has 0 bridgehead atoms. The van der Waals surface area contributed by atoms with Gasteiger partial charge in [-0.1, -0.05) is 13.8 Å². The number of likely N-dealkylation sites (N-methyl/N-ethyl adjacent to an activating group) is 1. The molecule has 0 aliphatic carbocycles. The summed E-state index contributed by atoms with van der Waals surface area (Å²) in [7, 11) is 0. The van der Waals surface area contributed by atoms with E-state index in [1.165, 1.54) is 0 Å². The van der Waals surface area contributed by atoms with E-state index in [4.69, 9.17) is 11.6 Å². The quantitative estimate of drug-likeness (QED) is 0.719. The second-order valence-electron chi connectivity index (χ2n) is 3.62. The van der Waals surface area contributed by atoms with Gasteiger partial charge >= 0.3 is 0 Å². The number of nitrogens with zero attached hydrogens (tertiary/aromatic N) is 1. The van der Waals surface area contributed by atoms with Crippen LogP contribution < -0.4 is 0 Å². The van der Waals surface area contributed by atoms with Crippen LogP contribution in [0, 0.1) is 11.6 Å². The molecule has 0 saturated carbocycles. The molecule has 0 saturated heterocycles. The summed E-state index contributed by atoms with van der Waals surface area (Å²) in [6, 6.07) is 3.37. The van der Waals surface area contributed by atoms with Crippen LogP contribution in [0.5, 0.6) is 0 Å². The Balaban J connectivity index is 2.79. The van der Waals surface area contributed by atoms with Gasteiger partial charge in [-0.05, 0) is 31.3 Å². The molecule has 0 radical (unpaired) electrons. The van der Waals surface area contributed by atoms with Crippen LogP contribution >= 0.6 is 11.6 Å². The summed E-state index contributed by atoms with van der Waals surface area (Å²) in [6.07, 6.45) is 0. The van der Waals surface area contributed by atoms with Crippen molar-refractivity contribution in [1.29, 1.82) is 0 Å². The summed E-state index contributed by atoms with van der Waals surface area (Å²) in [5.74, 6) is -0.907. The van der Waals surface area contributed by atoms with E-state index in [2.05, 4.69) is 4.90 Å². The minimum atomic E-state index is -0.518. The number of hydrogen-bond acceptors (Lipinski definition) is 1. The molecule has 4 heteroatoms. The third kappa shape index (κ3) is 3.42. The molecule has 0 heterocycles. The second-order valence-corrected chi connectivity index (χ2v) is 4.15. The Kier molecular flexibility index (Phi) is 5.16. The molecule has 16 heavy (non-hydrogen) atoms. The van der Waals surface area contributed by atoms with E-state index in [-0.39, 0.29) is 5.56 Å². The van der Waals surface area contributed by atoms with Gasteiger partial charge in [-0.3, -0.25) is 0 Å². The fourth-order valence-corrected chi connectivity index (χ4v) is 1.92. The van der Waals surface area contributed by atoms with Gasteiger partial charge in [-0.2, -0.15) is 0 Å². The summed E-state index contributed by atoms with van der Waals surface area (Å²) >= 11 is 6.09. The summed E-state index contributed by atoms with van der Waals surface area (Å²) in [6.45, 7) is 6.23. The van der Waals surface area contributed by atoms with Crippen molar-refractivity contribution in [1.82, 2.24) is 4.90 Å². The third-order valence-electron chi connectivity index (χ3n) is 2.61. The molecule has 1 atom stereocenters. The van der Waals surface area contributed by atoms with Gasteiger partial charge in [-0.25, -0.2) is 8.78 Å². The molecule has 0 aliphatic rings. The van der Waals surface area contributed by atoms with Gasteiger partial charge in [0.1, 0.15) is 11.6 Å². The van der Waals surface area contributed by atoms with Crippen molar-refractivity contribution in [2.75, 3.05) is 19.6 Å². The maximum absolute atomic E-state index is 13.4. The molecular formula is C12H16ClF2N. The Bertz CT molecular complexity index is 340. The predicted octanol–water partition coefficient (Wildman–Crippen LogP) is 3.59. The maximum Gasteiger partial charge on any atom is 0.128 e. The molecule has 1 unspecified atom stereocenters. The van der Waals surface area contributed by atoms with Crippen LogP contribution in [0.15, 0.2) is 18.2 Å². The first kappa shape index (κ1) is 13.4. The topological polar surface area (TPSA) is 3.24 Å². The van der Waals surface area contributed by atoms with Crippen molar-refractivity contribution in [3.05, 3.63) is 35.4 Å². The first-order valence-electron chi connectivity index (χ1n) is 5.39. The van der Waals surface area contributed by atoms with Crippen molar-refractivity contribution < 1.29 is 8.78 Å². The highest BCUT2D eigenvalue weighted by Gasteiger charge is 2.16. The fraction of sp³-hybridized carbons (Fsp3) is 0.500. The largest absolute Gasteiger partial charge is 0.302 e. The zero-order valence-corrected chi connectivity index (χ0v) is 10.3. The number of benzene rings is 1. The highest BCUT2D eigenvalue weighted by Crippen LogP contribution is 2.25. The van der Waals surface area contributed by atoms with Crippen LogP contribution in [-0.2, 0) is 0 Å². The highest BCUT2D eigenvalue weighted by molar-refractivity contribution is 6.21. The van der Waals surface area contributed by atoms with Gasteiger partial charge in [0.2, 0.25) is 0 Å². The van der Waals surface area contributed by atoms with Gasteiger partial charge in [0.15, 0.2) is 0 Å². The average Bonchev–Trinajstić information content (AvgIpc) is 2.28. The Morgan fingerprint density at radius 1 is 1.25 bits per heavy atom. The zero-order chi connectivity index (χ0) is 12.1. The SMILES string of the molecule is CCN(CC)CC(Cl)c1cc(F)ccc1F. The fourth-order valence-electron chi connectivity index (χ4n) is 1.56. The Labute approximate surface area is 100 Å². The van der Waals surface area contributed by atoms with E-state index in [9.17, 15) is 8.78 Å². The smallest absolute Gasteiger partial charge is 0.128 e. The van der Waals surface area contributed by atoms with Gasteiger partial charge in [0, 0.05) is 12.1 Å². The number of alkyl halides is 1. The van der Waals surface area contributed by atoms with Crippen molar-refractivity contribution in [3.8, 4) is 0 Å². The molecule has 0 fully saturated rings. The number of hydrogen-bond donors (Lipinski definition) is 0. The molecule has 0 spiro atoms. The first-order chi connectivity index (χ1) is 7.58. The van der Waals surface area contributed by atoms with Crippen LogP contribution in [-0.4, -0.2) is 24.5 Å². The van der Waals surface area contributed by atoms with E-state index in [0.717, 1.165) is 31.3 Å². The molecule has 1 rings (SSSR count). The third-order valence-corrected chi connectivity index (χ3v) is 2.98. The normalized spacial score (nSPS) is 13.1. The predicted molar refractivity (Wildman–Crippen MR) is 62.7 cm³/mol. The molecule has 90 valence electrons. The lowest BCUT2D eigenvalue weighted by Gasteiger charge is -2.21. The van der Waals surface area contributed by atoms with Crippen LogP contribution in [0.3, 0.4) is 0 Å². The zero-order valence-electron chi connectivity index (χ0n) is 9.51. The molecule has 1 aromatic rings. The van der Waals surface area contributed by atoms with E-state index < -0.39 is 17.0 Å².